The topological polar surface area (TPSA) is 55.1 Å². The van der Waals surface area contributed by atoms with Gasteiger partial charge in [0.05, 0.1) is 12.1 Å². The third kappa shape index (κ3) is 3.08. The summed E-state index contributed by atoms with van der Waals surface area (Å²) in [5, 5.41) is 2.62. The Morgan fingerprint density at radius 2 is 2.00 bits per heavy atom. The van der Waals surface area contributed by atoms with Gasteiger partial charge in [0, 0.05) is 21.5 Å². The van der Waals surface area contributed by atoms with Crippen LogP contribution in [0, 0.1) is 18.6 Å². The maximum atomic E-state index is 13.1. The summed E-state index contributed by atoms with van der Waals surface area (Å²) in [5.41, 5.74) is 5.35. The normalized spacial score (nSPS) is 10.5. The highest BCUT2D eigenvalue weighted by atomic mass is 32.1. The molecule has 3 N–H and O–H groups in total. The standard InChI is InChI=1S/C13H12F2N2OS/c1-7-2-3-8(19-7)6-17-13(18)9-4-10(14)11(15)5-12(9)16/h2-5H,6,16H2,1H3,(H,17,18). The highest BCUT2D eigenvalue weighted by molar-refractivity contribution is 7.11. The minimum absolute atomic E-state index is 0.0628. The van der Waals surface area contributed by atoms with Crippen LogP contribution in [0.5, 0.6) is 0 Å². The van der Waals surface area contributed by atoms with Gasteiger partial charge in [-0.3, -0.25) is 4.79 Å². The van der Waals surface area contributed by atoms with Crippen LogP contribution in [0.25, 0.3) is 0 Å². The first-order valence-electron chi connectivity index (χ1n) is 5.55. The first-order valence-corrected chi connectivity index (χ1v) is 6.37. The number of hydrogen-bond donors (Lipinski definition) is 2. The Balaban J connectivity index is 2.10. The van der Waals surface area contributed by atoms with Crippen molar-refractivity contribution in [2.75, 3.05) is 5.73 Å². The summed E-state index contributed by atoms with van der Waals surface area (Å²) < 4.78 is 26.0. The molecule has 0 unspecified atom stereocenters. The van der Waals surface area contributed by atoms with Gasteiger partial charge < -0.3 is 11.1 Å². The number of amides is 1. The van der Waals surface area contributed by atoms with Crippen molar-refractivity contribution in [2.45, 2.75) is 13.5 Å². The van der Waals surface area contributed by atoms with Crippen LogP contribution in [0.1, 0.15) is 20.1 Å². The van der Waals surface area contributed by atoms with Crippen LogP contribution >= 0.6 is 11.3 Å². The fourth-order valence-electron chi connectivity index (χ4n) is 1.60. The van der Waals surface area contributed by atoms with E-state index in [0.29, 0.717) is 6.54 Å². The Labute approximate surface area is 113 Å². The van der Waals surface area contributed by atoms with Crippen molar-refractivity contribution in [2.24, 2.45) is 0 Å². The Bertz CT molecular complexity index is 625. The van der Waals surface area contributed by atoms with Crippen molar-refractivity contribution in [1.82, 2.24) is 5.32 Å². The highest BCUT2D eigenvalue weighted by Gasteiger charge is 2.14. The molecule has 19 heavy (non-hydrogen) atoms. The highest BCUT2D eigenvalue weighted by Crippen LogP contribution is 2.18. The summed E-state index contributed by atoms with van der Waals surface area (Å²) in [6.07, 6.45) is 0. The van der Waals surface area contributed by atoms with E-state index in [1.165, 1.54) is 0 Å². The summed E-state index contributed by atoms with van der Waals surface area (Å²) in [6.45, 7) is 2.29. The summed E-state index contributed by atoms with van der Waals surface area (Å²) in [4.78, 5) is 13.9. The van der Waals surface area contributed by atoms with Gasteiger partial charge in [0.15, 0.2) is 11.6 Å². The smallest absolute Gasteiger partial charge is 0.253 e. The van der Waals surface area contributed by atoms with Crippen LogP contribution in [0.3, 0.4) is 0 Å². The lowest BCUT2D eigenvalue weighted by molar-refractivity contribution is 0.0951. The van der Waals surface area contributed by atoms with E-state index in [-0.39, 0.29) is 11.3 Å². The van der Waals surface area contributed by atoms with E-state index >= 15 is 0 Å². The number of aryl methyl sites for hydroxylation is 1. The molecule has 3 nitrogen and oxygen atoms in total. The predicted octanol–water partition coefficient (Wildman–Crippen LogP) is 2.85. The van der Waals surface area contributed by atoms with Crippen molar-refractivity contribution >= 4 is 22.9 Å². The van der Waals surface area contributed by atoms with Crippen LogP contribution in [0.4, 0.5) is 14.5 Å². The average Bonchev–Trinajstić information content (AvgIpc) is 2.77. The zero-order chi connectivity index (χ0) is 14.0. The second-order valence-electron chi connectivity index (χ2n) is 4.05. The van der Waals surface area contributed by atoms with E-state index in [2.05, 4.69) is 5.32 Å². The number of hydrogen-bond acceptors (Lipinski definition) is 3. The van der Waals surface area contributed by atoms with Gasteiger partial charge in [-0.2, -0.15) is 0 Å². The molecular weight excluding hydrogens is 270 g/mol. The van der Waals surface area contributed by atoms with Crippen LogP contribution in [-0.2, 0) is 6.54 Å². The van der Waals surface area contributed by atoms with Crippen molar-refractivity contribution in [1.29, 1.82) is 0 Å². The maximum Gasteiger partial charge on any atom is 0.253 e. The predicted molar refractivity (Wildman–Crippen MR) is 71.0 cm³/mol. The molecule has 0 fully saturated rings. The van der Waals surface area contributed by atoms with Gasteiger partial charge >= 0.3 is 0 Å². The van der Waals surface area contributed by atoms with E-state index in [0.717, 1.165) is 21.9 Å². The molecule has 100 valence electrons. The fraction of sp³-hybridized carbons (Fsp3) is 0.154. The van der Waals surface area contributed by atoms with Crippen LogP contribution in [0.15, 0.2) is 24.3 Å². The van der Waals surface area contributed by atoms with Gasteiger partial charge in [-0.05, 0) is 25.1 Å². The number of nitrogens with two attached hydrogens (primary N) is 1. The van der Waals surface area contributed by atoms with Crippen LogP contribution in [0.2, 0.25) is 0 Å². The molecule has 1 aromatic heterocycles. The van der Waals surface area contributed by atoms with Crippen molar-refractivity contribution in [3.63, 3.8) is 0 Å². The lowest BCUT2D eigenvalue weighted by Gasteiger charge is -2.07. The summed E-state index contributed by atoms with van der Waals surface area (Å²) >= 11 is 1.55. The molecule has 6 heteroatoms. The van der Waals surface area contributed by atoms with Gasteiger partial charge in [-0.15, -0.1) is 11.3 Å². The molecule has 2 aromatic rings. The average molecular weight is 282 g/mol. The van der Waals surface area contributed by atoms with Crippen LogP contribution < -0.4 is 11.1 Å². The first kappa shape index (κ1) is 13.5. The molecule has 0 atom stereocenters. The maximum absolute atomic E-state index is 13.1. The fourth-order valence-corrected chi connectivity index (χ4v) is 2.43. The van der Waals surface area contributed by atoms with Gasteiger partial charge in [0.2, 0.25) is 0 Å². The molecule has 0 saturated carbocycles. The number of carbonyl (C=O) groups is 1. The Morgan fingerprint density at radius 3 is 2.63 bits per heavy atom. The molecule has 0 aliphatic heterocycles. The third-order valence-corrected chi connectivity index (χ3v) is 3.56. The molecule has 1 amide bonds. The zero-order valence-electron chi connectivity index (χ0n) is 10.2. The Hall–Kier alpha value is -1.95. The lowest BCUT2D eigenvalue weighted by atomic mass is 10.1. The van der Waals surface area contributed by atoms with Crippen molar-refractivity contribution in [3.8, 4) is 0 Å². The van der Waals surface area contributed by atoms with E-state index in [9.17, 15) is 13.6 Å². The van der Waals surface area contributed by atoms with E-state index < -0.39 is 17.5 Å². The SMILES string of the molecule is Cc1ccc(CNC(=O)c2cc(F)c(F)cc2N)s1. The Kier molecular flexibility index (Phi) is 3.80. The van der Waals surface area contributed by atoms with E-state index in [1.54, 1.807) is 11.3 Å². The zero-order valence-corrected chi connectivity index (χ0v) is 11.0. The molecule has 0 radical (unpaired) electrons. The number of rotatable bonds is 3. The molecule has 0 saturated heterocycles. The van der Waals surface area contributed by atoms with E-state index in [4.69, 9.17) is 5.73 Å². The molecule has 0 bridgehead atoms. The summed E-state index contributed by atoms with van der Waals surface area (Å²) in [7, 11) is 0. The lowest BCUT2D eigenvalue weighted by Crippen LogP contribution is -2.23. The number of nitrogen functional groups attached to an aromatic ring is 1. The third-order valence-electron chi connectivity index (χ3n) is 2.56. The van der Waals surface area contributed by atoms with E-state index in [1.807, 2.05) is 19.1 Å². The number of carbonyl (C=O) groups excluding carboxylic acids is 1. The van der Waals surface area contributed by atoms with Crippen molar-refractivity contribution < 1.29 is 13.6 Å². The molecule has 0 spiro atoms. The minimum atomic E-state index is -1.09. The number of anilines is 1. The number of halogens is 2. The first-order chi connectivity index (χ1) is 8.97. The molecule has 2 rings (SSSR count). The summed E-state index contributed by atoms with van der Waals surface area (Å²) in [6, 6.07) is 5.45. The Morgan fingerprint density at radius 1 is 1.32 bits per heavy atom. The number of nitrogens with one attached hydrogen (secondary N) is 1. The number of thiophene rings is 1. The minimum Gasteiger partial charge on any atom is -0.398 e. The van der Waals surface area contributed by atoms with Crippen molar-refractivity contribution in [3.05, 3.63) is 51.2 Å². The largest absolute Gasteiger partial charge is 0.398 e. The van der Waals surface area contributed by atoms with Gasteiger partial charge in [0.25, 0.3) is 5.91 Å². The molecule has 1 aromatic carbocycles. The molecule has 0 aliphatic carbocycles. The second kappa shape index (κ2) is 5.36. The number of benzene rings is 1. The van der Waals surface area contributed by atoms with Crippen LogP contribution in [-0.4, -0.2) is 5.91 Å². The molecular formula is C13H12F2N2OS. The van der Waals surface area contributed by atoms with Gasteiger partial charge in [-0.1, -0.05) is 0 Å². The van der Waals surface area contributed by atoms with Gasteiger partial charge in [0.1, 0.15) is 0 Å². The molecule has 0 aliphatic rings. The summed E-state index contributed by atoms with van der Waals surface area (Å²) in [5.74, 6) is -2.68. The molecule has 1 heterocycles. The second-order valence-corrected chi connectivity index (χ2v) is 5.42. The van der Waals surface area contributed by atoms with Gasteiger partial charge in [-0.25, -0.2) is 8.78 Å². The quantitative estimate of drug-likeness (QED) is 0.850. The monoisotopic (exact) mass is 282 g/mol.